The summed E-state index contributed by atoms with van der Waals surface area (Å²) in [6, 6.07) is 5.34. The molecule has 1 aliphatic heterocycles. The molecule has 1 N–H and O–H groups in total. The van der Waals surface area contributed by atoms with Gasteiger partial charge in [0.1, 0.15) is 0 Å². The minimum atomic E-state index is -0.388. The molecule has 0 atom stereocenters. The van der Waals surface area contributed by atoms with Crippen molar-refractivity contribution in [1.29, 1.82) is 0 Å². The lowest BCUT2D eigenvalue weighted by Crippen LogP contribution is -2.27. The number of ether oxygens (including phenoxy) is 1. The van der Waals surface area contributed by atoms with E-state index in [0.29, 0.717) is 29.5 Å². The van der Waals surface area contributed by atoms with Gasteiger partial charge in [-0.1, -0.05) is 19.9 Å². The SMILES string of the molecule is COC(=O)c1ccc2c(c1)CN(C(=O)Cc1csc(NC(=O)C(C)C)n1)C2. The van der Waals surface area contributed by atoms with Crippen LogP contribution in [0.25, 0.3) is 0 Å². The van der Waals surface area contributed by atoms with Crippen molar-refractivity contribution in [3.05, 3.63) is 46.0 Å². The molecule has 0 unspecified atom stereocenters. The zero-order valence-corrected chi connectivity index (χ0v) is 16.3. The molecule has 0 radical (unpaired) electrons. The Balaban J connectivity index is 1.62. The fraction of sp³-hybridized carbons (Fsp3) is 0.368. The molecule has 1 aromatic carbocycles. The third kappa shape index (κ3) is 4.33. The van der Waals surface area contributed by atoms with E-state index < -0.39 is 0 Å². The number of hydrogen-bond acceptors (Lipinski definition) is 6. The van der Waals surface area contributed by atoms with Crippen LogP contribution < -0.4 is 5.32 Å². The van der Waals surface area contributed by atoms with Gasteiger partial charge < -0.3 is 15.0 Å². The lowest BCUT2D eigenvalue weighted by atomic mass is 10.1. The molecule has 1 aromatic heterocycles. The van der Waals surface area contributed by atoms with Crippen LogP contribution >= 0.6 is 11.3 Å². The Morgan fingerprint density at radius 2 is 2.00 bits per heavy atom. The van der Waals surface area contributed by atoms with Crippen molar-refractivity contribution in [2.45, 2.75) is 33.4 Å². The summed E-state index contributed by atoms with van der Waals surface area (Å²) >= 11 is 1.31. The summed E-state index contributed by atoms with van der Waals surface area (Å²) in [7, 11) is 1.34. The van der Waals surface area contributed by atoms with E-state index in [1.165, 1.54) is 18.4 Å². The Morgan fingerprint density at radius 3 is 2.70 bits per heavy atom. The lowest BCUT2D eigenvalue weighted by Gasteiger charge is -2.14. The van der Waals surface area contributed by atoms with Crippen LogP contribution in [0.15, 0.2) is 23.6 Å². The van der Waals surface area contributed by atoms with Crippen LogP contribution in [0.1, 0.15) is 41.0 Å². The van der Waals surface area contributed by atoms with E-state index in [9.17, 15) is 14.4 Å². The molecule has 2 aromatic rings. The Bertz CT molecular complexity index is 891. The number of fused-ring (bicyclic) bond motifs is 1. The quantitative estimate of drug-likeness (QED) is 0.797. The standard InChI is InChI=1S/C19H21N3O4S/c1-11(2)17(24)21-19-20-15(10-27-19)7-16(23)22-8-13-5-4-12(18(25)26-3)6-14(13)9-22/h4-6,10-11H,7-9H2,1-3H3,(H,20,21,24). The smallest absolute Gasteiger partial charge is 0.337 e. The van der Waals surface area contributed by atoms with Crippen molar-refractivity contribution in [3.8, 4) is 0 Å². The van der Waals surface area contributed by atoms with Crippen molar-refractivity contribution in [3.63, 3.8) is 0 Å². The van der Waals surface area contributed by atoms with Gasteiger partial charge in [-0.25, -0.2) is 9.78 Å². The van der Waals surface area contributed by atoms with Crippen LogP contribution in [0.4, 0.5) is 5.13 Å². The van der Waals surface area contributed by atoms with E-state index in [0.717, 1.165) is 11.1 Å². The molecule has 142 valence electrons. The van der Waals surface area contributed by atoms with Gasteiger partial charge in [0, 0.05) is 24.4 Å². The van der Waals surface area contributed by atoms with Gasteiger partial charge in [-0.3, -0.25) is 9.59 Å². The van der Waals surface area contributed by atoms with Gasteiger partial charge in [-0.2, -0.15) is 0 Å². The monoisotopic (exact) mass is 387 g/mol. The van der Waals surface area contributed by atoms with E-state index in [1.807, 2.05) is 19.9 Å². The Morgan fingerprint density at radius 1 is 1.26 bits per heavy atom. The van der Waals surface area contributed by atoms with Crippen LogP contribution in [-0.4, -0.2) is 34.8 Å². The summed E-state index contributed by atoms with van der Waals surface area (Å²) < 4.78 is 4.74. The molecule has 0 saturated heterocycles. The zero-order valence-electron chi connectivity index (χ0n) is 15.4. The first-order valence-corrected chi connectivity index (χ1v) is 9.48. The van der Waals surface area contributed by atoms with Gasteiger partial charge in [0.15, 0.2) is 5.13 Å². The first-order chi connectivity index (χ1) is 12.9. The average molecular weight is 387 g/mol. The normalized spacial score (nSPS) is 12.8. The first-order valence-electron chi connectivity index (χ1n) is 8.60. The van der Waals surface area contributed by atoms with Gasteiger partial charge in [-0.15, -0.1) is 11.3 Å². The van der Waals surface area contributed by atoms with Gasteiger partial charge in [-0.05, 0) is 23.3 Å². The van der Waals surface area contributed by atoms with E-state index in [4.69, 9.17) is 4.74 Å². The molecule has 2 heterocycles. The van der Waals surface area contributed by atoms with Crippen molar-refractivity contribution < 1.29 is 19.1 Å². The van der Waals surface area contributed by atoms with Crippen molar-refractivity contribution in [1.82, 2.24) is 9.88 Å². The number of carbonyl (C=O) groups is 3. The number of benzene rings is 1. The van der Waals surface area contributed by atoms with Crippen LogP contribution in [0.5, 0.6) is 0 Å². The first kappa shape index (κ1) is 19.0. The molecule has 2 amide bonds. The van der Waals surface area contributed by atoms with Gasteiger partial charge in [0.25, 0.3) is 0 Å². The molecule has 0 saturated carbocycles. The molecular formula is C19H21N3O4S. The number of methoxy groups -OCH3 is 1. The highest BCUT2D eigenvalue weighted by Gasteiger charge is 2.25. The molecule has 1 aliphatic rings. The number of rotatable bonds is 5. The van der Waals surface area contributed by atoms with E-state index in [1.54, 1.807) is 22.4 Å². The molecule has 27 heavy (non-hydrogen) atoms. The number of esters is 1. The fourth-order valence-corrected chi connectivity index (χ4v) is 3.49. The lowest BCUT2D eigenvalue weighted by molar-refractivity contribution is -0.131. The third-order valence-electron chi connectivity index (χ3n) is 4.34. The van der Waals surface area contributed by atoms with Crippen LogP contribution in [0.2, 0.25) is 0 Å². The van der Waals surface area contributed by atoms with E-state index >= 15 is 0 Å². The summed E-state index contributed by atoms with van der Waals surface area (Å²) in [6.45, 7) is 4.59. The number of nitrogens with one attached hydrogen (secondary N) is 1. The average Bonchev–Trinajstić information content (AvgIpc) is 3.26. The number of hydrogen-bond donors (Lipinski definition) is 1. The largest absolute Gasteiger partial charge is 0.465 e. The number of aromatic nitrogens is 1. The second-order valence-corrected chi connectivity index (χ2v) is 7.55. The molecule has 3 rings (SSSR count). The van der Waals surface area contributed by atoms with Crippen molar-refractivity contribution in [2.75, 3.05) is 12.4 Å². The second-order valence-electron chi connectivity index (χ2n) is 6.69. The number of nitrogens with zero attached hydrogens (tertiary/aromatic N) is 2. The maximum absolute atomic E-state index is 12.6. The zero-order chi connectivity index (χ0) is 19.6. The highest BCUT2D eigenvalue weighted by Crippen LogP contribution is 2.25. The number of thiazole rings is 1. The Labute approximate surface area is 161 Å². The second kappa shape index (κ2) is 7.87. The highest BCUT2D eigenvalue weighted by molar-refractivity contribution is 7.13. The number of anilines is 1. The van der Waals surface area contributed by atoms with Crippen LogP contribution in [-0.2, 0) is 33.8 Å². The van der Waals surface area contributed by atoms with Crippen LogP contribution in [0.3, 0.4) is 0 Å². The maximum atomic E-state index is 12.6. The fourth-order valence-electron chi connectivity index (χ4n) is 2.78. The molecule has 0 bridgehead atoms. The van der Waals surface area contributed by atoms with E-state index in [2.05, 4.69) is 10.3 Å². The summed E-state index contributed by atoms with van der Waals surface area (Å²) in [5.41, 5.74) is 3.10. The summed E-state index contributed by atoms with van der Waals surface area (Å²) in [5.74, 6) is -0.658. The predicted octanol–water partition coefficient (Wildman–Crippen LogP) is 2.61. The van der Waals surface area contributed by atoms with Crippen molar-refractivity contribution >= 4 is 34.3 Å². The van der Waals surface area contributed by atoms with Crippen LogP contribution in [0, 0.1) is 5.92 Å². The minimum absolute atomic E-state index is 0.0437. The Hall–Kier alpha value is -2.74. The molecular weight excluding hydrogens is 366 g/mol. The van der Waals surface area contributed by atoms with Gasteiger partial charge in [0.2, 0.25) is 11.8 Å². The predicted molar refractivity (Wildman–Crippen MR) is 101 cm³/mol. The molecule has 0 aliphatic carbocycles. The topological polar surface area (TPSA) is 88.6 Å². The number of amides is 2. The van der Waals surface area contributed by atoms with E-state index in [-0.39, 0.29) is 30.1 Å². The highest BCUT2D eigenvalue weighted by atomic mass is 32.1. The minimum Gasteiger partial charge on any atom is -0.465 e. The van der Waals surface area contributed by atoms with Gasteiger partial charge in [0.05, 0.1) is 24.8 Å². The molecule has 8 heteroatoms. The molecule has 7 nitrogen and oxygen atoms in total. The third-order valence-corrected chi connectivity index (χ3v) is 5.15. The van der Waals surface area contributed by atoms with Gasteiger partial charge >= 0.3 is 5.97 Å². The molecule has 0 spiro atoms. The molecule has 0 fully saturated rings. The number of carbonyl (C=O) groups excluding carboxylic acids is 3. The van der Waals surface area contributed by atoms with Crippen molar-refractivity contribution in [2.24, 2.45) is 5.92 Å². The summed E-state index contributed by atoms with van der Waals surface area (Å²) in [5, 5.41) is 5.03. The summed E-state index contributed by atoms with van der Waals surface area (Å²) in [6.07, 6.45) is 0.173. The Kier molecular flexibility index (Phi) is 5.55. The maximum Gasteiger partial charge on any atom is 0.337 e. The summed E-state index contributed by atoms with van der Waals surface area (Å²) in [4.78, 5) is 42.0.